The molecule has 0 N–H and O–H groups in total. The lowest BCUT2D eigenvalue weighted by molar-refractivity contribution is -0.0769. The molecule has 0 saturated carbocycles. The zero-order chi connectivity index (χ0) is 9.97. The van der Waals surface area contributed by atoms with E-state index < -0.39 is 0 Å². The van der Waals surface area contributed by atoms with E-state index in [0.717, 1.165) is 6.42 Å². The molecule has 1 aromatic rings. The van der Waals surface area contributed by atoms with Crippen LogP contribution in [0.25, 0.3) is 0 Å². The van der Waals surface area contributed by atoms with Crippen molar-refractivity contribution in [2.45, 2.75) is 6.42 Å². The van der Waals surface area contributed by atoms with Crippen LogP contribution in [0, 0.1) is 0 Å². The summed E-state index contributed by atoms with van der Waals surface area (Å²) in [6, 6.07) is 1.67. The number of hydrogen-bond acceptors (Lipinski definition) is 3. The Balaban J connectivity index is 2.22. The Labute approximate surface area is 90.0 Å². The molecule has 74 valence electrons. The summed E-state index contributed by atoms with van der Waals surface area (Å²) in [4.78, 5) is 20.9. The summed E-state index contributed by atoms with van der Waals surface area (Å²) in [6.45, 7) is 1.28. The van der Waals surface area contributed by atoms with E-state index in [-0.39, 0.29) is 5.91 Å². The molecule has 0 radical (unpaired) electrons. The van der Waals surface area contributed by atoms with Gasteiger partial charge >= 0.3 is 0 Å². The third-order valence-electron chi connectivity index (χ3n) is 1.98. The fourth-order valence-electron chi connectivity index (χ4n) is 1.29. The number of hydroxylamine groups is 2. The minimum Gasteiger partial charge on any atom is -0.271 e. The van der Waals surface area contributed by atoms with Crippen molar-refractivity contribution in [3.63, 3.8) is 0 Å². The summed E-state index contributed by atoms with van der Waals surface area (Å²) in [7, 11) is 0. The molecule has 1 aliphatic rings. The molecule has 0 bridgehead atoms. The highest BCUT2D eigenvalue weighted by Gasteiger charge is 2.22. The SMILES string of the molecule is O=C(c1ccncc1Br)N1CCCO1. The minimum atomic E-state index is -0.114. The topological polar surface area (TPSA) is 42.4 Å². The number of carbonyl (C=O) groups excluding carboxylic acids is 1. The number of rotatable bonds is 1. The Morgan fingerprint density at radius 3 is 3.14 bits per heavy atom. The number of halogens is 1. The second kappa shape index (κ2) is 4.06. The third-order valence-corrected chi connectivity index (χ3v) is 2.61. The molecule has 1 fully saturated rings. The van der Waals surface area contributed by atoms with E-state index in [2.05, 4.69) is 20.9 Å². The maximum absolute atomic E-state index is 11.8. The van der Waals surface area contributed by atoms with E-state index in [0.29, 0.717) is 23.2 Å². The molecule has 1 aliphatic heterocycles. The van der Waals surface area contributed by atoms with Crippen LogP contribution in [0.1, 0.15) is 16.8 Å². The Kier molecular flexibility index (Phi) is 2.79. The first-order valence-corrected chi connectivity index (χ1v) is 5.12. The van der Waals surface area contributed by atoms with E-state index >= 15 is 0 Å². The molecule has 14 heavy (non-hydrogen) atoms. The molecule has 2 heterocycles. The maximum Gasteiger partial charge on any atom is 0.278 e. The van der Waals surface area contributed by atoms with Gasteiger partial charge in [0.05, 0.1) is 18.7 Å². The fraction of sp³-hybridized carbons (Fsp3) is 0.333. The number of hydrogen-bond donors (Lipinski definition) is 0. The van der Waals surface area contributed by atoms with Crippen molar-refractivity contribution in [1.29, 1.82) is 0 Å². The molecular weight excluding hydrogens is 248 g/mol. The molecule has 0 aromatic carbocycles. The van der Waals surface area contributed by atoms with E-state index in [1.54, 1.807) is 18.5 Å². The number of amides is 1. The average molecular weight is 257 g/mol. The van der Waals surface area contributed by atoms with Gasteiger partial charge in [-0.2, -0.15) is 0 Å². The molecule has 0 atom stereocenters. The van der Waals surface area contributed by atoms with Crippen molar-refractivity contribution < 1.29 is 9.63 Å². The Hall–Kier alpha value is -0.940. The van der Waals surface area contributed by atoms with Gasteiger partial charge in [-0.15, -0.1) is 0 Å². The molecule has 1 aromatic heterocycles. The van der Waals surface area contributed by atoms with E-state index in [1.165, 1.54) is 5.06 Å². The van der Waals surface area contributed by atoms with Crippen molar-refractivity contribution in [3.05, 3.63) is 28.5 Å². The first kappa shape index (κ1) is 9.61. The van der Waals surface area contributed by atoms with Crippen LogP contribution >= 0.6 is 15.9 Å². The molecule has 4 nitrogen and oxygen atoms in total. The third kappa shape index (κ3) is 1.78. The van der Waals surface area contributed by atoms with E-state index in [9.17, 15) is 4.79 Å². The zero-order valence-electron chi connectivity index (χ0n) is 7.44. The highest BCUT2D eigenvalue weighted by molar-refractivity contribution is 9.10. The lowest BCUT2D eigenvalue weighted by Gasteiger charge is -2.14. The van der Waals surface area contributed by atoms with Crippen molar-refractivity contribution >= 4 is 21.8 Å². The molecule has 0 spiro atoms. The van der Waals surface area contributed by atoms with Gasteiger partial charge in [0.25, 0.3) is 5.91 Å². The summed E-state index contributed by atoms with van der Waals surface area (Å²) in [5, 5.41) is 1.39. The average Bonchev–Trinajstić information content (AvgIpc) is 2.70. The van der Waals surface area contributed by atoms with Gasteiger partial charge in [-0.1, -0.05) is 0 Å². The summed E-state index contributed by atoms with van der Waals surface area (Å²) in [6.07, 6.45) is 4.09. The van der Waals surface area contributed by atoms with Gasteiger partial charge in [0.15, 0.2) is 0 Å². The molecular formula is C9H9BrN2O2. The number of nitrogens with zero attached hydrogens (tertiary/aromatic N) is 2. The van der Waals surface area contributed by atoms with Crippen molar-refractivity contribution in [2.75, 3.05) is 13.2 Å². The van der Waals surface area contributed by atoms with Gasteiger partial charge in [-0.25, -0.2) is 5.06 Å². The first-order chi connectivity index (χ1) is 6.79. The Morgan fingerprint density at radius 1 is 1.64 bits per heavy atom. The van der Waals surface area contributed by atoms with Crippen LogP contribution in [-0.4, -0.2) is 29.1 Å². The molecule has 2 rings (SSSR count). The summed E-state index contributed by atoms with van der Waals surface area (Å²) in [5.74, 6) is -0.114. The maximum atomic E-state index is 11.8. The quantitative estimate of drug-likeness (QED) is 0.767. The summed E-state index contributed by atoms with van der Waals surface area (Å²) < 4.78 is 0.695. The van der Waals surface area contributed by atoms with E-state index in [4.69, 9.17) is 4.84 Å². The Bertz CT molecular complexity index is 350. The van der Waals surface area contributed by atoms with Crippen molar-refractivity contribution in [3.8, 4) is 0 Å². The van der Waals surface area contributed by atoms with Gasteiger partial charge in [0.1, 0.15) is 0 Å². The van der Waals surface area contributed by atoms with Crippen LogP contribution in [0.3, 0.4) is 0 Å². The van der Waals surface area contributed by atoms with Crippen LogP contribution in [0.2, 0.25) is 0 Å². The smallest absolute Gasteiger partial charge is 0.271 e. The van der Waals surface area contributed by atoms with E-state index in [1.807, 2.05) is 0 Å². The first-order valence-electron chi connectivity index (χ1n) is 4.33. The molecule has 1 saturated heterocycles. The second-order valence-electron chi connectivity index (χ2n) is 2.95. The van der Waals surface area contributed by atoms with Crippen LogP contribution < -0.4 is 0 Å². The molecule has 5 heteroatoms. The van der Waals surface area contributed by atoms with Crippen LogP contribution in [-0.2, 0) is 4.84 Å². The monoisotopic (exact) mass is 256 g/mol. The highest BCUT2D eigenvalue weighted by atomic mass is 79.9. The van der Waals surface area contributed by atoms with Crippen molar-refractivity contribution in [1.82, 2.24) is 10.0 Å². The van der Waals surface area contributed by atoms with Gasteiger partial charge < -0.3 is 0 Å². The predicted octanol–water partition coefficient (Wildman–Crippen LogP) is 1.62. The lowest BCUT2D eigenvalue weighted by atomic mass is 10.2. The summed E-state index contributed by atoms with van der Waals surface area (Å²) in [5.41, 5.74) is 0.585. The number of aromatic nitrogens is 1. The minimum absolute atomic E-state index is 0.114. The fourth-order valence-corrected chi connectivity index (χ4v) is 1.71. The number of pyridine rings is 1. The normalized spacial score (nSPS) is 15.9. The van der Waals surface area contributed by atoms with Gasteiger partial charge in [0.2, 0.25) is 0 Å². The summed E-state index contributed by atoms with van der Waals surface area (Å²) >= 11 is 3.28. The molecule has 0 unspecified atom stereocenters. The van der Waals surface area contributed by atoms with Gasteiger partial charge in [0, 0.05) is 16.9 Å². The molecule has 0 aliphatic carbocycles. The van der Waals surface area contributed by atoms with Crippen LogP contribution in [0.15, 0.2) is 22.9 Å². The number of carbonyl (C=O) groups is 1. The van der Waals surface area contributed by atoms with Crippen LogP contribution in [0.5, 0.6) is 0 Å². The van der Waals surface area contributed by atoms with Crippen LogP contribution in [0.4, 0.5) is 0 Å². The Morgan fingerprint density at radius 2 is 2.50 bits per heavy atom. The molecule has 1 amide bonds. The highest BCUT2D eigenvalue weighted by Crippen LogP contribution is 2.18. The standard InChI is InChI=1S/C9H9BrN2O2/c10-8-6-11-3-2-7(8)9(13)12-4-1-5-14-12/h2-3,6H,1,4-5H2. The van der Waals surface area contributed by atoms with Gasteiger partial charge in [-0.3, -0.25) is 14.6 Å². The zero-order valence-corrected chi connectivity index (χ0v) is 9.03. The largest absolute Gasteiger partial charge is 0.278 e. The van der Waals surface area contributed by atoms with Crippen molar-refractivity contribution in [2.24, 2.45) is 0 Å². The van der Waals surface area contributed by atoms with Gasteiger partial charge in [-0.05, 0) is 28.4 Å². The second-order valence-corrected chi connectivity index (χ2v) is 3.80. The lowest BCUT2D eigenvalue weighted by Crippen LogP contribution is -2.26. The predicted molar refractivity (Wildman–Crippen MR) is 53.5 cm³/mol.